The average Bonchev–Trinajstić information content (AvgIpc) is 0.836. The summed E-state index contributed by atoms with van der Waals surface area (Å²) in [6.45, 7) is 2.87. The summed E-state index contributed by atoms with van der Waals surface area (Å²) in [6.07, 6.45) is 64.0. The maximum absolute atomic E-state index is 13.4. The van der Waals surface area contributed by atoms with Crippen LogP contribution in [0.25, 0.3) is 0 Å². The van der Waals surface area contributed by atoms with E-state index in [1.807, 2.05) is 6.08 Å². The second-order valence-electron chi connectivity index (χ2n) is 28.2. The van der Waals surface area contributed by atoms with Crippen LogP contribution >= 0.6 is 0 Å². The zero-order valence-corrected chi connectivity index (χ0v) is 59.6. The molecular formula is C78H149NO13. The van der Waals surface area contributed by atoms with Crippen LogP contribution in [0.5, 0.6) is 0 Å². The number of carbonyl (C=O) groups is 1. The molecule has 1 amide bonds. The highest BCUT2D eigenvalue weighted by Crippen LogP contribution is 2.30. The first-order chi connectivity index (χ1) is 45.1. The van der Waals surface area contributed by atoms with E-state index in [0.29, 0.717) is 6.42 Å². The first-order valence-corrected chi connectivity index (χ1v) is 39.6. The van der Waals surface area contributed by atoms with Crippen LogP contribution in [0, 0.1) is 0 Å². The first kappa shape index (κ1) is 86.6. The van der Waals surface area contributed by atoms with Gasteiger partial charge in [0.15, 0.2) is 12.6 Å². The van der Waals surface area contributed by atoms with Crippen molar-refractivity contribution in [3.63, 3.8) is 0 Å². The molecule has 0 aromatic rings. The Morgan fingerprint density at radius 2 is 0.685 bits per heavy atom. The van der Waals surface area contributed by atoms with Crippen molar-refractivity contribution in [2.75, 3.05) is 19.8 Å². The normalized spacial score (nSPS) is 22.7. The SMILES string of the molecule is CCCCCCCCCC/C=C\CCCCCCCCCCCCCCCCCCCC(=O)NC(COC1OC(CO)C(OC2OC(CO)C(O)C(O)C2O)C(O)C1O)C(O)/C=C/CCCCCCCCCCCCCCCCCCCCCCCCCCCCC. The largest absolute Gasteiger partial charge is 0.394 e. The van der Waals surface area contributed by atoms with Gasteiger partial charge in [0.25, 0.3) is 0 Å². The Bertz CT molecular complexity index is 1640. The number of allylic oxidation sites excluding steroid dienone is 3. The van der Waals surface area contributed by atoms with Gasteiger partial charge in [0, 0.05) is 6.42 Å². The van der Waals surface area contributed by atoms with Crippen molar-refractivity contribution >= 4 is 5.91 Å². The molecule has 0 saturated carbocycles. The first-order valence-electron chi connectivity index (χ1n) is 39.6. The number of unbranched alkanes of at least 4 members (excludes halogenated alkanes) is 52. The zero-order valence-electron chi connectivity index (χ0n) is 59.6. The molecule has 0 aromatic carbocycles. The molecule has 2 rings (SSSR count). The summed E-state index contributed by atoms with van der Waals surface area (Å²) < 4.78 is 22.9. The molecule has 14 heteroatoms. The molecule has 12 atom stereocenters. The van der Waals surface area contributed by atoms with E-state index in [9.17, 15) is 45.6 Å². The fourth-order valence-corrected chi connectivity index (χ4v) is 13.4. The third-order valence-corrected chi connectivity index (χ3v) is 19.6. The van der Waals surface area contributed by atoms with E-state index in [-0.39, 0.29) is 18.9 Å². The molecule has 2 fully saturated rings. The van der Waals surface area contributed by atoms with E-state index < -0.39 is 86.8 Å². The molecule has 14 nitrogen and oxygen atoms in total. The van der Waals surface area contributed by atoms with Crippen LogP contribution in [0.15, 0.2) is 24.3 Å². The number of amides is 1. The van der Waals surface area contributed by atoms with Crippen molar-refractivity contribution in [2.24, 2.45) is 0 Å². The molecule has 0 aromatic heterocycles. The number of nitrogens with one attached hydrogen (secondary N) is 1. The van der Waals surface area contributed by atoms with Gasteiger partial charge in [0.2, 0.25) is 5.91 Å². The number of aliphatic hydroxyl groups is 8. The lowest BCUT2D eigenvalue weighted by molar-refractivity contribution is -0.359. The summed E-state index contributed by atoms with van der Waals surface area (Å²) in [7, 11) is 0. The number of hydrogen-bond acceptors (Lipinski definition) is 13. The fraction of sp³-hybridized carbons (Fsp3) is 0.936. The van der Waals surface area contributed by atoms with Crippen LogP contribution in [0.1, 0.15) is 373 Å². The van der Waals surface area contributed by atoms with E-state index in [1.165, 1.54) is 308 Å². The molecule has 2 aliphatic rings. The van der Waals surface area contributed by atoms with Gasteiger partial charge in [-0.05, 0) is 44.9 Å². The lowest BCUT2D eigenvalue weighted by Gasteiger charge is -2.46. The van der Waals surface area contributed by atoms with Gasteiger partial charge in [-0.3, -0.25) is 4.79 Å². The maximum Gasteiger partial charge on any atom is 0.220 e. The molecule has 12 unspecified atom stereocenters. The molecule has 0 radical (unpaired) electrons. The monoisotopic (exact) mass is 1310 g/mol. The molecule has 2 saturated heterocycles. The minimum atomic E-state index is -1.79. The topological polar surface area (TPSA) is 228 Å². The fourth-order valence-electron chi connectivity index (χ4n) is 13.4. The van der Waals surface area contributed by atoms with Crippen LogP contribution in [0.3, 0.4) is 0 Å². The highest BCUT2D eigenvalue weighted by Gasteiger charge is 2.51. The Morgan fingerprint density at radius 1 is 0.380 bits per heavy atom. The summed E-state index contributed by atoms with van der Waals surface area (Å²) in [6, 6.07) is -0.914. The van der Waals surface area contributed by atoms with E-state index in [1.54, 1.807) is 6.08 Å². The lowest BCUT2D eigenvalue weighted by Crippen LogP contribution is -2.65. The summed E-state index contributed by atoms with van der Waals surface area (Å²) in [4.78, 5) is 13.4. The number of hydrogen-bond donors (Lipinski definition) is 9. The molecule has 2 aliphatic heterocycles. The lowest BCUT2D eigenvalue weighted by atomic mass is 9.97. The van der Waals surface area contributed by atoms with Gasteiger partial charge in [-0.2, -0.15) is 0 Å². The van der Waals surface area contributed by atoms with Gasteiger partial charge in [0.1, 0.15) is 48.8 Å². The quantitative estimate of drug-likeness (QED) is 0.0204. The van der Waals surface area contributed by atoms with E-state index in [4.69, 9.17) is 18.9 Å². The van der Waals surface area contributed by atoms with Gasteiger partial charge >= 0.3 is 0 Å². The van der Waals surface area contributed by atoms with Crippen LogP contribution in [0.4, 0.5) is 0 Å². The van der Waals surface area contributed by atoms with Crippen molar-refractivity contribution in [2.45, 2.75) is 447 Å². The van der Waals surface area contributed by atoms with Crippen molar-refractivity contribution in [1.29, 1.82) is 0 Å². The summed E-state index contributed by atoms with van der Waals surface area (Å²) >= 11 is 0. The third-order valence-electron chi connectivity index (χ3n) is 19.6. The summed E-state index contributed by atoms with van der Waals surface area (Å²) in [5.41, 5.74) is 0. The van der Waals surface area contributed by atoms with Crippen LogP contribution in [0.2, 0.25) is 0 Å². The zero-order chi connectivity index (χ0) is 66.6. The Hall–Kier alpha value is -1.53. The van der Waals surface area contributed by atoms with Crippen molar-refractivity contribution in [3.05, 3.63) is 24.3 Å². The van der Waals surface area contributed by atoms with Crippen LogP contribution < -0.4 is 5.32 Å². The molecule has 0 spiro atoms. The Balaban J connectivity index is 1.63. The van der Waals surface area contributed by atoms with Gasteiger partial charge in [0.05, 0.1) is 32.0 Å². The van der Waals surface area contributed by atoms with E-state index in [2.05, 4.69) is 31.3 Å². The molecule has 2 heterocycles. The van der Waals surface area contributed by atoms with Crippen LogP contribution in [-0.2, 0) is 23.7 Å². The molecule has 0 bridgehead atoms. The summed E-state index contributed by atoms with van der Waals surface area (Å²) in [5, 5.41) is 87.7. The molecule has 0 aliphatic carbocycles. The average molecular weight is 1310 g/mol. The van der Waals surface area contributed by atoms with Gasteiger partial charge < -0.3 is 65.1 Å². The minimum absolute atomic E-state index is 0.231. The summed E-state index contributed by atoms with van der Waals surface area (Å²) in [5.74, 6) is -0.231. The Labute approximate surface area is 564 Å². The van der Waals surface area contributed by atoms with Crippen molar-refractivity contribution in [3.8, 4) is 0 Å². The smallest absolute Gasteiger partial charge is 0.220 e. The van der Waals surface area contributed by atoms with Gasteiger partial charge in [-0.25, -0.2) is 0 Å². The Kier molecular flexibility index (Phi) is 59.2. The predicted octanol–water partition coefficient (Wildman–Crippen LogP) is 17.5. The number of ether oxygens (including phenoxy) is 4. The molecule has 9 N–H and O–H groups in total. The van der Waals surface area contributed by atoms with Crippen molar-refractivity contribution in [1.82, 2.24) is 5.32 Å². The standard InChI is InChI=1S/C78H149NO13/c1-3-5-7-9-11-13-15-17-19-21-23-25-27-29-31-33-35-37-39-41-43-45-47-49-51-53-55-57-59-61-67(82)66(65-89-77-75(88)73(86)76(69(64-81)91-77)92-78-74(87)72(85)71(84)68(63-80)90-78)79-70(83)62-60-58-56-54-52-50-48-46-44-42-40-38-36-34-32-30-28-26-24-22-20-18-16-14-12-10-8-6-4-2/h22,24,59,61,66-69,71-78,80-82,84-88H,3-21,23,25-58,60,62-65H2,1-2H3,(H,79,83)/b24-22-,61-59+. The highest BCUT2D eigenvalue weighted by molar-refractivity contribution is 5.76. The predicted molar refractivity (Wildman–Crippen MR) is 378 cm³/mol. The van der Waals surface area contributed by atoms with Gasteiger partial charge in [-0.15, -0.1) is 0 Å². The molecule has 544 valence electrons. The van der Waals surface area contributed by atoms with Crippen molar-refractivity contribution < 1.29 is 64.6 Å². The number of rotatable bonds is 67. The second-order valence-corrected chi connectivity index (χ2v) is 28.2. The Morgan fingerprint density at radius 3 is 1.03 bits per heavy atom. The van der Waals surface area contributed by atoms with Crippen LogP contribution in [-0.4, -0.2) is 140 Å². The molecular weight excluding hydrogens is 1160 g/mol. The van der Waals surface area contributed by atoms with E-state index in [0.717, 1.165) is 38.5 Å². The highest BCUT2D eigenvalue weighted by atomic mass is 16.7. The number of aliphatic hydroxyl groups excluding tert-OH is 8. The third kappa shape index (κ3) is 45.9. The number of carbonyl (C=O) groups excluding carboxylic acids is 1. The second kappa shape index (κ2) is 63.0. The maximum atomic E-state index is 13.4. The van der Waals surface area contributed by atoms with E-state index >= 15 is 0 Å². The molecule has 92 heavy (non-hydrogen) atoms. The van der Waals surface area contributed by atoms with Gasteiger partial charge in [-0.1, -0.05) is 346 Å². The minimum Gasteiger partial charge on any atom is -0.394 e.